The summed E-state index contributed by atoms with van der Waals surface area (Å²) in [5.74, 6) is 0.229. The molecule has 0 aliphatic heterocycles. The second-order valence-corrected chi connectivity index (χ2v) is 4.92. The number of rotatable bonds is 5. The number of ether oxygens (including phenoxy) is 1. The summed E-state index contributed by atoms with van der Waals surface area (Å²) < 4.78 is 5.53. The van der Waals surface area contributed by atoms with Crippen LogP contribution < -0.4 is 0 Å². The number of hydrogen-bond donors (Lipinski definition) is 0. The van der Waals surface area contributed by atoms with Gasteiger partial charge in [0.25, 0.3) is 0 Å². The van der Waals surface area contributed by atoms with Crippen LogP contribution in [0.25, 0.3) is 0 Å². The van der Waals surface area contributed by atoms with Gasteiger partial charge in [0.2, 0.25) is 0 Å². The van der Waals surface area contributed by atoms with Crippen molar-refractivity contribution in [1.29, 1.82) is 0 Å². The van der Waals surface area contributed by atoms with Crippen LogP contribution in [0, 0.1) is 0 Å². The molecule has 98 valence electrons. The second-order valence-electron chi connectivity index (χ2n) is 4.92. The average molecular weight is 238 g/mol. The number of hydrogen-bond acceptors (Lipinski definition) is 2. The molecule has 0 aromatic rings. The number of carbonyl (C=O) groups excluding carboxylic acids is 1. The predicted octanol–water partition coefficient (Wildman–Crippen LogP) is 4.04. The summed E-state index contributed by atoms with van der Waals surface area (Å²) in [6.07, 6.45) is 10.6. The second kappa shape index (κ2) is 6.95. The fourth-order valence-electron chi connectivity index (χ4n) is 2.64. The van der Waals surface area contributed by atoms with Crippen LogP contribution in [0.1, 0.15) is 65.2 Å². The van der Waals surface area contributed by atoms with Crippen molar-refractivity contribution < 1.29 is 9.53 Å². The summed E-state index contributed by atoms with van der Waals surface area (Å²) in [5, 5.41) is 0. The Labute approximate surface area is 105 Å². The molecule has 17 heavy (non-hydrogen) atoms. The van der Waals surface area contributed by atoms with Crippen LogP contribution in [0.5, 0.6) is 0 Å². The van der Waals surface area contributed by atoms with E-state index >= 15 is 0 Å². The first-order valence-corrected chi connectivity index (χ1v) is 6.99. The minimum Gasteiger partial charge on any atom is -0.370 e. The number of ketones is 1. The molecule has 0 unspecified atom stereocenters. The highest BCUT2D eigenvalue weighted by atomic mass is 16.5. The minimum absolute atomic E-state index is 0.229. The number of carbonyl (C=O) groups is 1. The van der Waals surface area contributed by atoms with Crippen molar-refractivity contribution in [2.24, 2.45) is 0 Å². The van der Waals surface area contributed by atoms with Gasteiger partial charge in [0, 0.05) is 7.11 Å². The lowest BCUT2D eigenvalue weighted by Gasteiger charge is -2.30. The fraction of sp³-hybridized carbons (Fsp3) is 0.800. The normalized spacial score (nSPS) is 18.2. The lowest BCUT2D eigenvalue weighted by molar-refractivity contribution is -0.138. The van der Waals surface area contributed by atoms with Gasteiger partial charge in [-0.15, -0.1) is 0 Å². The van der Waals surface area contributed by atoms with E-state index in [4.69, 9.17) is 4.74 Å². The van der Waals surface area contributed by atoms with Gasteiger partial charge in [0.15, 0.2) is 5.78 Å². The van der Waals surface area contributed by atoms with Crippen molar-refractivity contribution in [2.75, 3.05) is 7.11 Å². The third-order valence-electron chi connectivity index (χ3n) is 4.03. The molecule has 0 saturated carbocycles. The van der Waals surface area contributed by atoms with Crippen LogP contribution in [0.4, 0.5) is 0 Å². The molecule has 2 nitrogen and oxygen atoms in total. The summed E-state index contributed by atoms with van der Waals surface area (Å²) in [6, 6.07) is 0. The first-order chi connectivity index (χ1) is 8.20. The average Bonchev–Trinajstić information content (AvgIpc) is 2.31. The molecule has 0 heterocycles. The maximum Gasteiger partial charge on any atom is 0.190 e. The summed E-state index contributed by atoms with van der Waals surface area (Å²) in [4.78, 5) is 12.6. The molecule has 1 rings (SSSR count). The lowest BCUT2D eigenvalue weighted by atomic mass is 9.84. The summed E-state index contributed by atoms with van der Waals surface area (Å²) in [7, 11) is 1.66. The fourth-order valence-corrected chi connectivity index (χ4v) is 2.64. The van der Waals surface area contributed by atoms with Crippen LogP contribution >= 0.6 is 0 Å². The maximum absolute atomic E-state index is 12.6. The zero-order valence-electron chi connectivity index (χ0n) is 11.6. The van der Waals surface area contributed by atoms with Gasteiger partial charge < -0.3 is 4.74 Å². The van der Waals surface area contributed by atoms with Crippen molar-refractivity contribution in [3.8, 4) is 0 Å². The topological polar surface area (TPSA) is 26.3 Å². The molecule has 1 aliphatic carbocycles. The Hall–Kier alpha value is -0.630. The van der Waals surface area contributed by atoms with E-state index in [9.17, 15) is 4.79 Å². The first-order valence-electron chi connectivity index (χ1n) is 6.99. The van der Waals surface area contributed by atoms with Crippen LogP contribution in [0.15, 0.2) is 11.6 Å². The summed E-state index contributed by atoms with van der Waals surface area (Å²) >= 11 is 0. The van der Waals surface area contributed by atoms with Gasteiger partial charge in [-0.25, -0.2) is 0 Å². The van der Waals surface area contributed by atoms with Gasteiger partial charge in [-0.3, -0.25) is 4.79 Å². The van der Waals surface area contributed by atoms with E-state index in [-0.39, 0.29) is 5.78 Å². The SMILES string of the molecule is CCC(CC)(OC)C(=O)C1=CCCCCCC1. The molecule has 0 amide bonds. The number of Topliss-reactive ketones (excluding diaryl/α,β-unsaturated/α-hetero) is 1. The molecule has 2 heteroatoms. The van der Waals surface area contributed by atoms with E-state index in [1.807, 2.05) is 13.8 Å². The van der Waals surface area contributed by atoms with Crippen molar-refractivity contribution in [3.63, 3.8) is 0 Å². The van der Waals surface area contributed by atoms with Crippen molar-refractivity contribution in [3.05, 3.63) is 11.6 Å². The molecule has 0 aromatic carbocycles. The van der Waals surface area contributed by atoms with Crippen molar-refractivity contribution in [1.82, 2.24) is 0 Å². The van der Waals surface area contributed by atoms with Crippen LogP contribution in [0.2, 0.25) is 0 Å². The van der Waals surface area contributed by atoms with Crippen molar-refractivity contribution >= 4 is 5.78 Å². The Bertz CT molecular complexity index is 266. The highest BCUT2D eigenvalue weighted by molar-refractivity contribution is 6.01. The molecule has 0 atom stereocenters. The highest BCUT2D eigenvalue weighted by Gasteiger charge is 2.36. The minimum atomic E-state index is -0.578. The van der Waals surface area contributed by atoms with Gasteiger partial charge in [-0.1, -0.05) is 32.8 Å². The maximum atomic E-state index is 12.6. The third-order valence-corrected chi connectivity index (χ3v) is 4.03. The largest absolute Gasteiger partial charge is 0.370 e. The number of allylic oxidation sites excluding steroid dienone is 1. The van der Waals surface area contributed by atoms with Crippen molar-refractivity contribution in [2.45, 2.75) is 70.8 Å². The van der Waals surface area contributed by atoms with E-state index in [1.54, 1.807) is 7.11 Å². The molecular formula is C15H26O2. The molecule has 0 saturated heterocycles. The Morgan fingerprint density at radius 1 is 1.24 bits per heavy atom. The van der Waals surface area contributed by atoms with E-state index in [0.29, 0.717) is 0 Å². The quantitative estimate of drug-likeness (QED) is 0.722. The predicted molar refractivity (Wildman–Crippen MR) is 71.1 cm³/mol. The lowest BCUT2D eigenvalue weighted by Crippen LogP contribution is -2.40. The standard InChI is InChI=1S/C15H26O2/c1-4-15(5-2,17-3)14(16)13-11-9-7-6-8-10-12-13/h11H,4-10,12H2,1-3H3. The summed E-state index contributed by atoms with van der Waals surface area (Å²) in [5.41, 5.74) is 0.431. The molecule has 0 fully saturated rings. The molecule has 0 radical (unpaired) electrons. The van der Waals surface area contributed by atoms with Crippen LogP contribution in [0.3, 0.4) is 0 Å². The van der Waals surface area contributed by atoms with Crippen LogP contribution in [-0.2, 0) is 9.53 Å². The Kier molecular flexibility index (Phi) is 5.90. The van der Waals surface area contributed by atoms with Gasteiger partial charge in [-0.2, -0.15) is 0 Å². The smallest absolute Gasteiger partial charge is 0.190 e. The van der Waals surface area contributed by atoms with E-state index in [2.05, 4.69) is 6.08 Å². The van der Waals surface area contributed by atoms with Crippen LogP contribution in [-0.4, -0.2) is 18.5 Å². The zero-order valence-corrected chi connectivity index (χ0v) is 11.6. The molecule has 0 bridgehead atoms. The molecule has 0 spiro atoms. The monoisotopic (exact) mass is 238 g/mol. The van der Waals surface area contributed by atoms with Gasteiger partial charge in [-0.05, 0) is 44.1 Å². The van der Waals surface area contributed by atoms with Gasteiger partial charge >= 0.3 is 0 Å². The Balaban J connectivity index is 2.84. The molecule has 1 aliphatic rings. The number of methoxy groups -OCH3 is 1. The van der Waals surface area contributed by atoms with Gasteiger partial charge in [0.05, 0.1) is 0 Å². The van der Waals surface area contributed by atoms with E-state index in [0.717, 1.165) is 37.7 Å². The van der Waals surface area contributed by atoms with E-state index < -0.39 is 5.60 Å². The Morgan fingerprint density at radius 2 is 1.88 bits per heavy atom. The molecule has 0 aromatic heterocycles. The molecular weight excluding hydrogens is 212 g/mol. The third kappa shape index (κ3) is 3.41. The summed E-state index contributed by atoms with van der Waals surface area (Å²) in [6.45, 7) is 4.07. The Morgan fingerprint density at radius 3 is 2.47 bits per heavy atom. The first kappa shape index (κ1) is 14.4. The zero-order chi connectivity index (χ0) is 12.7. The highest BCUT2D eigenvalue weighted by Crippen LogP contribution is 2.28. The van der Waals surface area contributed by atoms with Gasteiger partial charge in [0.1, 0.15) is 5.60 Å². The molecule has 0 N–H and O–H groups in total. The van der Waals surface area contributed by atoms with E-state index in [1.165, 1.54) is 19.3 Å².